The van der Waals surface area contributed by atoms with E-state index in [9.17, 15) is 4.39 Å². The van der Waals surface area contributed by atoms with Gasteiger partial charge in [-0.3, -0.25) is 4.90 Å². The van der Waals surface area contributed by atoms with Crippen molar-refractivity contribution in [2.75, 3.05) is 31.1 Å². The van der Waals surface area contributed by atoms with E-state index in [4.69, 9.17) is 4.74 Å². The topological polar surface area (TPSA) is 41.5 Å². The summed E-state index contributed by atoms with van der Waals surface area (Å²) in [6.45, 7) is 3.73. The van der Waals surface area contributed by atoms with Gasteiger partial charge < -0.3 is 9.64 Å². The molecule has 0 radical (unpaired) electrons. The second kappa shape index (κ2) is 6.12. The SMILES string of the molecule is Fc1cccc(N2CCN3C[C@H](Oc4cncnc4)C[C@H]3C2)c1. The molecule has 2 fully saturated rings. The van der Waals surface area contributed by atoms with Crippen LogP contribution in [0, 0.1) is 5.82 Å². The molecule has 0 N–H and O–H groups in total. The molecule has 0 amide bonds. The van der Waals surface area contributed by atoms with E-state index in [2.05, 4.69) is 19.8 Å². The fraction of sp³-hybridized carbons (Fsp3) is 0.412. The van der Waals surface area contributed by atoms with Crippen molar-refractivity contribution in [1.82, 2.24) is 14.9 Å². The molecular formula is C17H19FN4O. The quantitative estimate of drug-likeness (QED) is 0.866. The third-order valence-electron chi connectivity index (χ3n) is 4.59. The summed E-state index contributed by atoms with van der Waals surface area (Å²) in [4.78, 5) is 12.7. The van der Waals surface area contributed by atoms with Gasteiger partial charge in [-0.25, -0.2) is 14.4 Å². The number of ether oxygens (including phenoxy) is 1. The molecule has 23 heavy (non-hydrogen) atoms. The summed E-state index contributed by atoms with van der Waals surface area (Å²) in [5.41, 5.74) is 0.963. The Labute approximate surface area is 134 Å². The molecule has 1 aromatic heterocycles. The average molecular weight is 314 g/mol. The molecule has 120 valence electrons. The molecule has 2 aliphatic rings. The number of hydrogen-bond acceptors (Lipinski definition) is 5. The van der Waals surface area contributed by atoms with E-state index in [-0.39, 0.29) is 11.9 Å². The van der Waals surface area contributed by atoms with Crippen molar-refractivity contribution in [2.24, 2.45) is 0 Å². The highest BCUT2D eigenvalue weighted by atomic mass is 19.1. The van der Waals surface area contributed by atoms with Crippen LogP contribution < -0.4 is 9.64 Å². The minimum Gasteiger partial charge on any atom is -0.486 e. The Bertz CT molecular complexity index is 669. The van der Waals surface area contributed by atoms with Crippen LogP contribution in [0.2, 0.25) is 0 Å². The van der Waals surface area contributed by atoms with E-state index in [1.54, 1.807) is 24.5 Å². The van der Waals surface area contributed by atoms with Gasteiger partial charge >= 0.3 is 0 Å². The third kappa shape index (κ3) is 3.12. The van der Waals surface area contributed by atoms with Crippen molar-refractivity contribution in [2.45, 2.75) is 18.6 Å². The normalized spacial score (nSPS) is 24.5. The van der Waals surface area contributed by atoms with Crippen LogP contribution in [0.1, 0.15) is 6.42 Å². The van der Waals surface area contributed by atoms with E-state index >= 15 is 0 Å². The highest BCUT2D eigenvalue weighted by Crippen LogP contribution is 2.28. The number of benzene rings is 1. The van der Waals surface area contributed by atoms with Crippen LogP contribution in [0.15, 0.2) is 43.0 Å². The van der Waals surface area contributed by atoms with Crippen molar-refractivity contribution in [3.05, 3.63) is 48.8 Å². The number of fused-ring (bicyclic) bond motifs is 1. The first-order chi connectivity index (χ1) is 11.3. The number of piperazine rings is 1. The lowest BCUT2D eigenvalue weighted by Gasteiger charge is -2.38. The Kier molecular flexibility index (Phi) is 3.83. The number of nitrogens with zero attached hydrogens (tertiary/aromatic N) is 4. The molecule has 1 aromatic carbocycles. The maximum absolute atomic E-state index is 13.4. The molecule has 5 nitrogen and oxygen atoms in total. The molecule has 2 atom stereocenters. The molecule has 4 rings (SSSR count). The Balaban J connectivity index is 1.40. The standard InChI is InChI=1S/C17H19FN4O/c18-13-2-1-3-14(6-13)21-4-5-22-11-16(7-15(22)10-21)23-17-8-19-12-20-9-17/h1-3,6,8-9,12,15-16H,4-5,7,10-11H2/t15-,16+/m0/s1. The number of aromatic nitrogens is 2. The van der Waals surface area contributed by atoms with Gasteiger partial charge in [-0.2, -0.15) is 0 Å². The third-order valence-corrected chi connectivity index (χ3v) is 4.59. The molecule has 0 aliphatic carbocycles. The number of halogens is 1. The van der Waals surface area contributed by atoms with Gasteiger partial charge in [0.2, 0.25) is 0 Å². The molecule has 3 heterocycles. The summed E-state index contributed by atoms with van der Waals surface area (Å²) in [6, 6.07) is 7.29. The lowest BCUT2D eigenvalue weighted by atomic mass is 10.1. The Morgan fingerprint density at radius 2 is 2.00 bits per heavy atom. The van der Waals surface area contributed by atoms with Crippen LogP contribution in [-0.4, -0.2) is 53.2 Å². The van der Waals surface area contributed by atoms with Crippen molar-refractivity contribution >= 4 is 5.69 Å². The second-order valence-corrected chi connectivity index (χ2v) is 6.12. The fourth-order valence-corrected chi connectivity index (χ4v) is 3.53. The van der Waals surface area contributed by atoms with Gasteiger partial charge in [0.05, 0.1) is 12.4 Å². The molecule has 0 saturated carbocycles. The fourth-order valence-electron chi connectivity index (χ4n) is 3.53. The number of anilines is 1. The smallest absolute Gasteiger partial charge is 0.156 e. The van der Waals surface area contributed by atoms with E-state index in [0.717, 1.165) is 44.0 Å². The van der Waals surface area contributed by atoms with Crippen LogP contribution in [0.25, 0.3) is 0 Å². The molecule has 0 bridgehead atoms. The lowest BCUT2D eigenvalue weighted by Crippen LogP contribution is -2.50. The Morgan fingerprint density at radius 3 is 2.83 bits per heavy atom. The summed E-state index contributed by atoms with van der Waals surface area (Å²) in [5.74, 6) is 0.543. The van der Waals surface area contributed by atoms with Crippen molar-refractivity contribution in [3.63, 3.8) is 0 Å². The number of rotatable bonds is 3. The number of hydrogen-bond donors (Lipinski definition) is 0. The van der Waals surface area contributed by atoms with Gasteiger partial charge in [-0.05, 0) is 18.2 Å². The first-order valence-electron chi connectivity index (χ1n) is 7.94. The van der Waals surface area contributed by atoms with E-state index in [0.29, 0.717) is 6.04 Å². The van der Waals surface area contributed by atoms with Gasteiger partial charge in [-0.15, -0.1) is 0 Å². The predicted octanol–water partition coefficient (Wildman–Crippen LogP) is 1.96. The monoisotopic (exact) mass is 314 g/mol. The zero-order chi connectivity index (χ0) is 15.6. The molecule has 6 heteroatoms. The second-order valence-electron chi connectivity index (χ2n) is 6.12. The summed E-state index contributed by atoms with van der Waals surface area (Å²) in [5, 5.41) is 0. The van der Waals surface area contributed by atoms with Crippen molar-refractivity contribution in [1.29, 1.82) is 0 Å². The predicted molar refractivity (Wildman–Crippen MR) is 85.0 cm³/mol. The highest BCUT2D eigenvalue weighted by Gasteiger charge is 2.37. The minimum atomic E-state index is -0.179. The van der Waals surface area contributed by atoms with Gasteiger partial charge in [0.25, 0.3) is 0 Å². The van der Waals surface area contributed by atoms with Crippen LogP contribution >= 0.6 is 0 Å². The van der Waals surface area contributed by atoms with Crippen LogP contribution in [0.5, 0.6) is 5.75 Å². The summed E-state index contributed by atoms with van der Waals surface area (Å²) in [6.07, 6.45) is 6.04. The molecule has 2 saturated heterocycles. The van der Waals surface area contributed by atoms with Gasteiger partial charge in [-0.1, -0.05) is 6.07 Å². The lowest BCUT2D eigenvalue weighted by molar-refractivity contribution is 0.191. The van der Waals surface area contributed by atoms with Gasteiger partial charge in [0.1, 0.15) is 18.2 Å². The van der Waals surface area contributed by atoms with Crippen molar-refractivity contribution in [3.8, 4) is 5.75 Å². The summed E-state index contributed by atoms with van der Waals surface area (Å²) >= 11 is 0. The van der Waals surface area contributed by atoms with E-state index in [1.165, 1.54) is 12.4 Å². The zero-order valence-electron chi connectivity index (χ0n) is 12.8. The molecule has 2 aliphatic heterocycles. The Hall–Kier alpha value is -2.21. The van der Waals surface area contributed by atoms with Crippen LogP contribution in [0.3, 0.4) is 0 Å². The first kappa shape index (κ1) is 14.4. The maximum Gasteiger partial charge on any atom is 0.156 e. The molecule has 2 aromatic rings. The summed E-state index contributed by atoms with van der Waals surface area (Å²) < 4.78 is 19.4. The molecule has 0 spiro atoms. The Morgan fingerprint density at radius 1 is 1.13 bits per heavy atom. The summed E-state index contributed by atoms with van der Waals surface area (Å²) in [7, 11) is 0. The van der Waals surface area contributed by atoms with Gasteiger partial charge in [0.15, 0.2) is 5.75 Å². The zero-order valence-corrected chi connectivity index (χ0v) is 12.8. The highest BCUT2D eigenvalue weighted by molar-refractivity contribution is 5.47. The minimum absolute atomic E-state index is 0.165. The van der Waals surface area contributed by atoms with E-state index < -0.39 is 0 Å². The van der Waals surface area contributed by atoms with Crippen LogP contribution in [-0.2, 0) is 0 Å². The van der Waals surface area contributed by atoms with Crippen molar-refractivity contribution < 1.29 is 9.13 Å². The molecular weight excluding hydrogens is 295 g/mol. The van der Waals surface area contributed by atoms with E-state index in [1.807, 2.05) is 6.07 Å². The average Bonchev–Trinajstić information content (AvgIpc) is 2.97. The van der Waals surface area contributed by atoms with Gasteiger partial charge in [0, 0.05) is 44.3 Å². The maximum atomic E-state index is 13.4. The first-order valence-corrected chi connectivity index (χ1v) is 7.94. The van der Waals surface area contributed by atoms with Crippen LogP contribution in [0.4, 0.5) is 10.1 Å². The molecule has 0 unspecified atom stereocenters. The largest absolute Gasteiger partial charge is 0.486 e.